The van der Waals surface area contributed by atoms with Crippen LogP contribution in [0.5, 0.6) is 0 Å². The molecule has 550 valence electrons. The first-order valence-electron chi connectivity index (χ1n) is 40.1. The van der Waals surface area contributed by atoms with Crippen molar-refractivity contribution < 1.29 is 0 Å². The fourth-order valence-electron chi connectivity index (χ4n) is 18.0. The van der Waals surface area contributed by atoms with Crippen molar-refractivity contribution in [2.24, 2.45) is 0 Å². The molecule has 0 amide bonds. The first-order chi connectivity index (χ1) is 58.5. The van der Waals surface area contributed by atoms with Gasteiger partial charge in [0, 0.05) is 98.9 Å². The summed E-state index contributed by atoms with van der Waals surface area (Å²) in [5.41, 5.74) is 26.0. The molecular weight excluding hydrogens is 1430 g/mol. The molecular formula is C110H70N8. The summed E-state index contributed by atoms with van der Waals surface area (Å²) < 4.78 is 9.68. The third-order valence-electron chi connectivity index (χ3n) is 23.6. The number of rotatable bonds is 11. The zero-order valence-corrected chi connectivity index (χ0v) is 64.0. The molecule has 6 aromatic heterocycles. The Bertz CT molecular complexity index is 8070. The summed E-state index contributed by atoms with van der Waals surface area (Å²) in [4.78, 5) is 20.6. The Kier molecular flexibility index (Phi) is 16.1. The highest BCUT2D eigenvalue weighted by Gasteiger charge is 2.24. The van der Waals surface area contributed by atoms with Crippen molar-refractivity contribution in [3.8, 4) is 102 Å². The molecule has 8 heteroatoms. The van der Waals surface area contributed by atoms with E-state index in [0.717, 1.165) is 78.8 Å². The van der Waals surface area contributed by atoms with Crippen molar-refractivity contribution in [2.75, 3.05) is 0 Å². The average Bonchev–Trinajstić information content (AvgIpc) is 1.56. The smallest absolute Gasteiger partial charge is 0.160 e. The van der Waals surface area contributed by atoms with Crippen LogP contribution in [-0.4, -0.2) is 38.2 Å². The van der Waals surface area contributed by atoms with Crippen molar-refractivity contribution in [2.45, 2.75) is 0 Å². The van der Waals surface area contributed by atoms with Gasteiger partial charge in [-0.2, -0.15) is 0 Å². The van der Waals surface area contributed by atoms with E-state index in [4.69, 9.17) is 19.9 Å². The molecule has 18 aromatic carbocycles. The lowest BCUT2D eigenvalue weighted by Gasteiger charge is -2.12. The second kappa shape index (κ2) is 28.0. The van der Waals surface area contributed by atoms with E-state index in [1.807, 2.05) is 18.2 Å². The van der Waals surface area contributed by atoms with Crippen LogP contribution in [0.25, 0.3) is 221 Å². The van der Waals surface area contributed by atoms with Crippen molar-refractivity contribution in [3.05, 3.63) is 425 Å². The summed E-state index contributed by atoms with van der Waals surface area (Å²) >= 11 is 0. The molecule has 0 spiro atoms. The van der Waals surface area contributed by atoms with Crippen molar-refractivity contribution in [1.82, 2.24) is 38.2 Å². The van der Waals surface area contributed by atoms with Crippen LogP contribution in [0.2, 0.25) is 0 Å². The predicted molar refractivity (Wildman–Crippen MR) is 492 cm³/mol. The van der Waals surface area contributed by atoms with Gasteiger partial charge in [-0.25, -0.2) is 19.9 Å². The molecule has 24 rings (SSSR count). The summed E-state index contributed by atoms with van der Waals surface area (Å²) in [7, 11) is 0. The molecule has 0 aliphatic heterocycles. The normalized spacial score (nSPS) is 11.7. The first-order valence-corrected chi connectivity index (χ1v) is 40.1. The molecule has 0 aliphatic rings. The number of aromatic nitrogens is 8. The summed E-state index contributed by atoms with van der Waals surface area (Å²) in [6.07, 6.45) is 0. The van der Waals surface area contributed by atoms with Crippen LogP contribution in [0.4, 0.5) is 0 Å². The van der Waals surface area contributed by atoms with Gasteiger partial charge in [-0.3, -0.25) is 0 Å². The highest BCUT2D eigenvalue weighted by Crippen LogP contribution is 2.44. The largest absolute Gasteiger partial charge is 0.309 e. The number of hydrogen-bond donors (Lipinski definition) is 0. The third-order valence-corrected chi connectivity index (χ3v) is 23.6. The topological polar surface area (TPSA) is 71.3 Å². The number of fused-ring (bicyclic) bond motifs is 15. The van der Waals surface area contributed by atoms with Gasteiger partial charge in [0.2, 0.25) is 0 Å². The molecule has 8 nitrogen and oxygen atoms in total. The highest BCUT2D eigenvalue weighted by molar-refractivity contribution is 6.21. The maximum absolute atomic E-state index is 5.19. The summed E-state index contributed by atoms with van der Waals surface area (Å²) in [5, 5.41) is 17.1. The van der Waals surface area contributed by atoms with Gasteiger partial charge >= 0.3 is 0 Å². The molecule has 24 aromatic rings. The van der Waals surface area contributed by atoms with E-state index >= 15 is 0 Å². The fourth-order valence-corrected chi connectivity index (χ4v) is 18.0. The molecule has 0 aliphatic carbocycles. The van der Waals surface area contributed by atoms with E-state index < -0.39 is 0 Å². The van der Waals surface area contributed by atoms with Crippen LogP contribution in [-0.2, 0) is 0 Å². The van der Waals surface area contributed by atoms with Crippen LogP contribution in [0.15, 0.2) is 425 Å². The third kappa shape index (κ3) is 11.6. The van der Waals surface area contributed by atoms with E-state index in [1.54, 1.807) is 0 Å². The lowest BCUT2D eigenvalue weighted by atomic mass is 10.0. The molecule has 0 saturated carbocycles. The molecule has 0 N–H and O–H groups in total. The minimum absolute atomic E-state index is 0.696. The maximum atomic E-state index is 5.19. The van der Waals surface area contributed by atoms with Crippen LogP contribution >= 0.6 is 0 Å². The fraction of sp³-hybridized carbons (Fsp3) is 0. The van der Waals surface area contributed by atoms with Crippen LogP contribution in [0.1, 0.15) is 0 Å². The minimum Gasteiger partial charge on any atom is -0.309 e. The van der Waals surface area contributed by atoms with Gasteiger partial charge in [0.25, 0.3) is 0 Å². The van der Waals surface area contributed by atoms with Gasteiger partial charge in [0.15, 0.2) is 11.6 Å². The van der Waals surface area contributed by atoms with Crippen LogP contribution in [0, 0.1) is 0 Å². The van der Waals surface area contributed by atoms with E-state index in [0.29, 0.717) is 11.6 Å². The summed E-state index contributed by atoms with van der Waals surface area (Å²) in [6, 6.07) is 152. The van der Waals surface area contributed by atoms with Crippen molar-refractivity contribution >= 4 is 120 Å². The first kappa shape index (κ1) is 67.8. The molecule has 0 saturated heterocycles. The SMILES string of the molecule is c1ccc(-c2cc(-c3ccc4ccccc4c3)nc(-c3ccc(-n4c5ccccc5c5cc6c(cc54)c4ccccc4n6-c4cccc5ccccc45)cc3)n2)cc1.c1ccc(-c2ccc(-c3nc(-c4ccccc4)cc(-c4ccc(-n5c6ccccc6c6cc7c(cc65)c5ccccc5n7-c5ccc6ccccc6c5)cc4)n3)cc2)cc1. The quantitative estimate of drug-likeness (QED) is 0.129. The van der Waals surface area contributed by atoms with E-state index in [9.17, 15) is 0 Å². The predicted octanol–water partition coefficient (Wildman–Crippen LogP) is 28.5. The second-order valence-corrected chi connectivity index (χ2v) is 30.5. The zero-order chi connectivity index (χ0) is 77.7. The second-order valence-electron chi connectivity index (χ2n) is 30.5. The number of nitrogens with zero attached hydrogens (tertiary/aromatic N) is 8. The number of benzene rings is 18. The lowest BCUT2D eigenvalue weighted by Crippen LogP contribution is -1.97. The van der Waals surface area contributed by atoms with Gasteiger partial charge in [0.05, 0.1) is 72.6 Å². The van der Waals surface area contributed by atoms with Gasteiger partial charge < -0.3 is 18.3 Å². The molecule has 0 atom stereocenters. The van der Waals surface area contributed by atoms with Crippen molar-refractivity contribution in [3.63, 3.8) is 0 Å². The van der Waals surface area contributed by atoms with Crippen LogP contribution < -0.4 is 0 Å². The summed E-state index contributed by atoms with van der Waals surface area (Å²) in [5.74, 6) is 1.39. The Labute approximate surface area is 679 Å². The Morgan fingerprint density at radius 1 is 0.144 bits per heavy atom. The Morgan fingerprint density at radius 2 is 0.441 bits per heavy atom. The maximum Gasteiger partial charge on any atom is 0.160 e. The number of hydrogen-bond acceptors (Lipinski definition) is 4. The van der Waals surface area contributed by atoms with E-state index in [2.05, 4.69) is 425 Å². The van der Waals surface area contributed by atoms with E-state index in [-0.39, 0.29) is 0 Å². The Morgan fingerprint density at radius 3 is 0.915 bits per heavy atom. The van der Waals surface area contributed by atoms with Gasteiger partial charge in [0.1, 0.15) is 0 Å². The number of para-hydroxylation sites is 4. The zero-order valence-electron chi connectivity index (χ0n) is 64.0. The molecule has 6 heterocycles. The van der Waals surface area contributed by atoms with Gasteiger partial charge in [-0.1, -0.05) is 303 Å². The van der Waals surface area contributed by atoms with Crippen LogP contribution in [0.3, 0.4) is 0 Å². The Hall–Kier alpha value is -15.9. The minimum atomic E-state index is 0.696. The molecule has 0 radical (unpaired) electrons. The van der Waals surface area contributed by atoms with Gasteiger partial charge in [-0.15, -0.1) is 0 Å². The lowest BCUT2D eigenvalue weighted by molar-refractivity contribution is 1.16. The Balaban J connectivity index is 0.000000138. The van der Waals surface area contributed by atoms with E-state index in [1.165, 1.54) is 131 Å². The molecule has 118 heavy (non-hydrogen) atoms. The standard InChI is InChI=1S/C56H36N4.C54H34N4/c1-3-13-37(14-4-1)39-23-25-42(26-24-39)56-57-50(40-16-5-2-6-17-40)36-51(58-56)41-28-30-44(31-29-41)59-52-21-11-9-19-46(52)48-35-55-49(34-54(48)59)47-20-10-12-22-53(47)60(55)45-32-27-38-15-7-8-18-43(38)33-45;1-2-15-37(16-3-1)47-34-48(40-26-25-35-13-4-5-17-39(35)31-40)56-54(55-47)38-27-29-41(30-28-38)57-50-22-10-8-20-43(50)45-33-53-46(32-52(45)57)44-21-9-11-23-51(44)58(53)49-24-12-18-36-14-6-7-19-42(36)49/h1-36H;1-34H. The average molecular weight is 1500 g/mol. The summed E-state index contributed by atoms with van der Waals surface area (Å²) in [6.45, 7) is 0. The highest BCUT2D eigenvalue weighted by atomic mass is 15.0. The molecule has 0 bridgehead atoms. The molecule has 0 unspecified atom stereocenters. The monoisotopic (exact) mass is 1500 g/mol. The van der Waals surface area contributed by atoms with Crippen molar-refractivity contribution in [1.29, 1.82) is 0 Å². The van der Waals surface area contributed by atoms with Gasteiger partial charge in [-0.05, 0) is 159 Å². The molecule has 0 fully saturated rings.